The summed E-state index contributed by atoms with van der Waals surface area (Å²) in [5.74, 6) is 0. The smallest absolute Gasteiger partial charge is 0.174 e. The van der Waals surface area contributed by atoms with Crippen LogP contribution in [0.15, 0.2) is 60.7 Å². The molecule has 1 unspecified atom stereocenters. The van der Waals surface area contributed by atoms with Gasteiger partial charge in [-0.15, -0.1) is 11.8 Å². The van der Waals surface area contributed by atoms with E-state index in [1.165, 1.54) is 5.56 Å². The number of anilines is 1. The summed E-state index contributed by atoms with van der Waals surface area (Å²) in [4.78, 5) is 2.09. The second-order valence-electron chi connectivity index (χ2n) is 4.41. The van der Waals surface area contributed by atoms with Crippen LogP contribution < -0.4 is 5.32 Å². The van der Waals surface area contributed by atoms with Crippen molar-refractivity contribution in [3.8, 4) is 0 Å². The van der Waals surface area contributed by atoms with Crippen molar-refractivity contribution in [1.29, 1.82) is 0 Å². The first-order chi connectivity index (χ1) is 9.72. The van der Waals surface area contributed by atoms with Crippen LogP contribution in [0.3, 0.4) is 0 Å². The van der Waals surface area contributed by atoms with Crippen LogP contribution in [0.2, 0.25) is 0 Å². The monoisotopic (exact) mass is 302 g/mol. The minimum Gasteiger partial charge on any atom is -0.336 e. The maximum Gasteiger partial charge on any atom is 0.174 e. The van der Waals surface area contributed by atoms with Gasteiger partial charge in [-0.1, -0.05) is 48.5 Å². The van der Waals surface area contributed by atoms with Crippen LogP contribution in [-0.4, -0.2) is 23.3 Å². The van der Waals surface area contributed by atoms with Crippen molar-refractivity contribution < 1.29 is 0 Å². The molecule has 1 N–H and O–H groups in total. The van der Waals surface area contributed by atoms with Gasteiger partial charge in [0.1, 0.15) is 5.37 Å². The molecule has 2 rings (SSSR count). The van der Waals surface area contributed by atoms with Crippen molar-refractivity contribution >= 4 is 34.8 Å². The number of hydrogen-bond acceptors (Lipinski definition) is 2. The molecule has 0 saturated carbocycles. The van der Waals surface area contributed by atoms with E-state index in [4.69, 9.17) is 12.2 Å². The Labute approximate surface area is 130 Å². The predicted molar refractivity (Wildman–Crippen MR) is 93.1 cm³/mol. The van der Waals surface area contributed by atoms with Crippen molar-refractivity contribution in [3.05, 3.63) is 66.2 Å². The molecule has 0 aromatic heterocycles. The fourth-order valence-corrected chi connectivity index (χ4v) is 3.12. The molecule has 20 heavy (non-hydrogen) atoms. The van der Waals surface area contributed by atoms with Gasteiger partial charge in [0.05, 0.1) is 0 Å². The highest BCUT2D eigenvalue weighted by Crippen LogP contribution is 2.29. The molecule has 1 atom stereocenters. The first kappa shape index (κ1) is 14.9. The van der Waals surface area contributed by atoms with E-state index in [1.807, 2.05) is 43.4 Å². The number of nitrogens with one attached hydrogen (secondary N) is 1. The number of thiocarbonyl (C=S) groups is 1. The molecule has 0 heterocycles. The summed E-state index contributed by atoms with van der Waals surface area (Å²) >= 11 is 7.27. The number of para-hydroxylation sites is 1. The van der Waals surface area contributed by atoms with E-state index in [0.29, 0.717) is 0 Å². The van der Waals surface area contributed by atoms with E-state index in [0.717, 1.165) is 10.8 Å². The van der Waals surface area contributed by atoms with Crippen molar-refractivity contribution in [3.63, 3.8) is 0 Å². The molecule has 0 bridgehead atoms. The fraction of sp³-hybridized carbons (Fsp3) is 0.188. The Bertz CT molecular complexity index is 543. The van der Waals surface area contributed by atoms with Crippen molar-refractivity contribution in [2.75, 3.05) is 18.6 Å². The normalized spacial score (nSPS) is 11.7. The highest BCUT2D eigenvalue weighted by molar-refractivity contribution is 7.98. The van der Waals surface area contributed by atoms with E-state index in [2.05, 4.69) is 40.7 Å². The number of hydrogen-bond donors (Lipinski definition) is 1. The summed E-state index contributed by atoms with van der Waals surface area (Å²) in [7, 11) is 2.02. The second kappa shape index (κ2) is 7.31. The third-order valence-corrected chi connectivity index (χ3v) is 4.43. The van der Waals surface area contributed by atoms with E-state index in [9.17, 15) is 0 Å². The largest absolute Gasteiger partial charge is 0.336 e. The second-order valence-corrected chi connectivity index (χ2v) is 5.71. The summed E-state index contributed by atoms with van der Waals surface area (Å²) < 4.78 is 0. The lowest BCUT2D eigenvalue weighted by Crippen LogP contribution is -2.33. The average Bonchev–Trinajstić information content (AvgIpc) is 2.50. The van der Waals surface area contributed by atoms with Gasteiger partial charge in [-0.05, 0) is 36.2 Å². The molecular weight excluding hydrogens is 284 g/mol. The van der Waals surface area contributed by atoms with Crippen molar-refractivity contribution in [1.82, 2.24) is 4.90 Å². The molecule has 104 valence electrons. The Balaban J connectivity index is 2.09. The molecule has 0 aliphatic carbocycles. The van der Waals surface area contributed by atoms with Gasteiger partial charge in [0.25, 0.3) is 0 Å². The lowest BCUT2D eigenvalue weighted by molar-refractivity contribution is 0.495. The van der Waals surface area contributed by atoms with E-state index in [-0.39, 0.29) is 5.37 Å². The first-order valence-corrected chi connectivity index (χ1v) is 8.08. The average molecular weight is 302 g/mol. The van der Waals surface area contributed by atoms with Gasteiger partial charge in [0.15, 0.2) is 5.11 Å². The third kappa shape index (κ3) is 3.74. The SMILES string of the molecule is CSC(c1ccccc1)N(C)C(=S)Nc1ccccc1. The third-order valence-electron chi connectivity index (χ3n) is 3.01. The van der Waals surface area contributed by atoms with Gasteiger partial charge in [0.2, 0.25) is 0 Å². The standard InChI is InChI=1S/C16H18N2S2/c1-18(15(20-2)13-9-5-3-6-10-13)16(19)17-14-11-7-4-8-12-14/h3-12,15H,1-2H3,(H,17,19). The zero-order valence-electron chi connectivity index (χ0n) is 11.6. The predicted octanol–water partition coefficient (Wildman–Crippen LogP) is 4.38. The molecule has 0 fully saturated rings. The minimum absolute atomic E-state index is 0.208. The number of benzene rings is 2. The number of nitrogens with zero attached hydrogens (tertiary/aromatic N) is 1. The molecule has 0 aliphatic heterocycles. The Kier molecular flexibility index (Phi) is 5.44. The van der Waals surface area contributed by atoms with Gasteiger partial charge >= 0.3 is 0 Å². The molecule has 2 aromatic rings. The summed E-state index contributed by atoms with van der Waals surface area (Å²) in [6.07, 6.45) is 2.10. The minimum atomic E-state index is 0.208. The maximum absolute atomic E-state index is 5.50. The van der Waals surface area contributed by atoms with Crippen LogP contribution in [0.4, 0.5) is 5.69 Å². The molecule has 0 amide bonds. The Morgan fingerprint density at radius 2 is 1.60 bits per heavy atom. The Morgan fingerprint density at radius 3 is 2.15 bits per heavy atom. The number of thioether (sulfide) groups is 1. The Morgan fingerprint density at radius 1 is 1.05 bits per heavy atom. The lowest BCUT2D eigenvalue weighted by atomic mass is 10.2. The van der Waals surface area contributed by atoms with Gasteiger partial charge in [0, 0.05) is 12.7 Å². The van der Waals surface area contributed by atoms with Crippen LogP contribution >= 0.6 is 24.0 Å². The summed E-state index contributed by atoms with van der Waals surface area (Å²) in [6, 6.07) is 20.4. The van der Waals surface area contributed by atoms with Crippen molar-refractivity contribution in [2.24, 2.45) is 0 Å². The van der Waals surface area contributed by atoms with E-state index in [1.54, 1.807) is 11.8 Å². The highest BCUT2D eigenvalue weighted by Gasteiger charge is 2.17. The molecule has 0 saturated heterocycles. The summed E-state index contributed by atoms with van der Waals surface area (Å²) in [5, 5.41) is 4.20. The molecule has 2 aromatic carbocycles. The Hall–Kier alpha value is -1.52. The molecule has 0 radical (unpaired) electrons. The van der Waals surface area contributed by atoms with Crippen LogP contribution in [0, 0.1) is 0 Å². The fourth-order valence-electron chi connectivity index (χ4n) is 1.98. The van der Waals surface area contributed by atoms with Crippen LogP contribution in [0.25, 0.3) is 0 Å². The summed E-state index contributed by atoms with van der Waals surface area (Å²) in [5.41, 5.74) is 2.26. The molecular formula is C16H18N2S2. The van der Waals surface area contributed by atoms with Gasteiger partial charge in [-0.2, -0.15) is 0 Å². The van der Waals surface area contributed by atoms with E-state index < -0.39 is 0 Å². The topological polar surface area (TPSA) is 15.3 Å². The van der Waals surface area contributed by atoms with Crippen LogP contribution in [-0.2, 0) is 0 Å². The zero-order valence-corrected chi connectivity index (χ0v) is 13.2. The van der Waals surface area contributed by atoms with Crippen molar-refractivity contribution in [2.45, 2.75) is 5.37 Å². The molecule has 4 heteroatoms. The van der Waals surface area contributed by atoms with Gasteiger partial charge in [-0.25, -0.2) is 0 Å². The molecule has 2 nitrogen and oxygen atoms in total. The zero-order chi connectivity index (χ0) is 14.4. The van der Waals surface area contributed by atoms with E-state index >= 15 is 0 Å². The quantitative estimate of drug-likeness (QED) is 0.666. The summed E-state index contributed by atoms with van der Waals surface area (Å²) in [6.45, 7) is 0. The van der Waals surface area contributed by atoms with Crippen LogP contribution in [0.1, 0.15) is 10.9 Å². The molecule has 0 aliphatic rings. The highest BCUT2D eigenvalue weighted by atomic mass is 32.2. The van der Waals surface area contributed by atoms with Gasteiger partial charge in [-0.3, -0.25) is 0 Å². The lowest BCUT2D eigenvalue weighted by Gasteiger charge is -2.29. The number of rotatable bonds is 4. The molecule has 0 spiro atoms. The first-order valence-electron chi connectivity index (χ1n) is 6.39. The van der Waals surface area contributed by atoms with Crippen LogP contribution in [0.5, 0.6) is 0 Å². The maximum atomic E-state index is 5.50. The van der Waals surface area contributed by atoms with Gasteiger partial charge < -0.3 is 10.2 Å².